The molecule has 1 aliphatic rings. The fourth-order valence-electron chi connectivity index (χ4n) is 4.52. The third kappa shape index (κ3) is 6.65. The molecule has 1 aliphatic carbocycles. The predicted octanol–water partition coefficient (Wildman–Crippen LogP) is 6.44. The molecule has 0 spiro atoms. The summed E-state index contributed by atoms with van der Waals surface area (Å²) in [7, 11) is 1.58. The van der Waals surface area contributed by atoms with Crippen LogP contribution in [-0.4, -0.2) is 40.3 Å². The number of phenols is 1. The number of methoxy groups -OCH3 is 1. The first-order valence-electron chi connectivity index (χ1n) is 13.1. The predicted molar refractivity (Wildman–Crippen MR) is 148 cm³/mol. The number of nitrogens with one attached hydrogen (secondary N) is 2. The summed E-state index contributed by atoms with van der Waals surface area (Å²) in [5.74, 6) is -0.327. The van der Waals surface area contributed by atoms with Crippen LogP contribution in [0.3, 0.4) is 0 Å². The quantitative estimate of drug-likeness (QED) is 0.221. The number of alkyl halides is 3. The van der Waals surface area contributed by atoms with Crippen molar-refractivity contribution in [2.45, 2.75) is 38.1 Å². The van der Waals surface area contributed by atoms with E-state index in [1.807, 2.05) is 24.3 Å². The molecule has 0 aliphatic heterocycles. The number of ether oxygens (including phenoxy) is 2. The number of rotatable bonds is 8. The number of carbonyl (C=O) groups excluding carboxylic acids is 2. The van der Waals surface area contributed by atoms with E-state index < -0.39 is 24.1 Å². The zero-order valence-corrected chi connectivity index (χ0v) is 22.4. The first-order valence-corrected chi connectivity index (χ1v) is 13.1. The maximum atomic E-state index is 13.1. The summed E-state index contributed by atoms with van der Waals surface area (Å²) in [5.41, 5.74) is 2.75. The third-order valence-corrected chi connectivity index (χ3v) is 6.94. The van der Waals surface area contributed by atoms with Gasteiger partial charge in [0.25, 0.3) is 5.91 Å². The molecule has 0 radical (unpaired) electrons. The zero-order valence-electron chi connectivity index (χ0n) is 22.4. The molecule has 218 valence electrons. The smallest absolute Gasteiger partial charge is 0.507 e. The Morgan fingerprint density at radius 3 is 2.29 bits per heavy atom. The van der Waals surface area contributed by atoms with Gasteiger partial charge in [0.05, 0.1) is 18.5 Å². The van der Waals surface area contributed by atoms with Crippen molar-refractivity contribution in [3.63, 3.8) is 0 Å². The van der Waals surface area contributed by atoms with Crippen molar-refractivity contribution >= 4 is 17.6 Å². The number of hydrogen-bond acceptors (Lipinski definition) is 6. The fourth-order valence-corrected chi connectivity index (χ4v) is 4.52. The second kappa shape index (κ2) is 11.9. The molecule has 3 N–H and O–H groups in total. The number of amides is 2. The summed E-state index contributed by atoms with van der Waals surface area (Å²) in [4.78, 5) is 25.7. The number of benzene rings is 3. The number of aromatic hydroxyl groups is 1. The number of hydrogen-bond donors (Lipinski definition) is 3. The monoisotopic (exact) mass is 580 g/mol. The van der Waals surface area contributed by atoms with Crippen LogP contribution in [0.4, 0.5) is 23.7 Å². The Morgan fingerprint density at radius 1 is 1.00 bits per heavy atom. The van der Waals surface area contributed by atoms with E-state index in [1.54, 1.807) is 25.3 Å². The Morgan fingerprint density at radius 2 is 1.69 bits per heavy atom. The number of halogens is 3. The number of aromatic nitrogens is 2. The molecule has 2 amide bonds. The van der Waals surface area contributed by atoms with Crippen LogP contribution in [0.1, 0.15) is 46.8 Å². The van der Waals surface area contributed by atoms with Gasteiger partial charge in [-0.1, -0.05) is 18.6 Å². The van der Waals surface area contributed by atoms with Gasteiger partial charge in [-0.2, -0.15) is 9.78 Å². The Balaban J connectivity index is 1.29. The van der Waals surface area contributed by atoms with Crippen LogP contribution in [0, 0.1) is 0 Å². The van der Waals surface area contributed by atoms with Crippen molar-refractivity contribution in [3.8, 4) is 28.5 Å². The van der Waals surface area contributed by atoms with Crippen molar-refractivity contribution in [1.82, 2.24) is 15.1 Å². The molecule has 42 heavy (non-hydrogen) atoms. The summed E-state index contributed by atoms with van der Waals surface area (Å²) in [6.45, 7) is 0.292. The highest BCUT2D eigenvalue weighted by Gasteiger charge is 2.31. The van der Waals surface area contributed by atoms with Gasteiger partial charge in [0.1, 0.15) is 17.2 Å². The van der Waals surface area contributed by atoms with Crippen LogP contribution in [0.15, 0.2) is 72.8 Å². The number of nitrogens with zero attached hydrogens (tertiary/aromatic N) is 2. The molecule has 4 aromatic rings. The van der Waals surface area contributed by atoms with E-state index in [-0.39, 0.29) is 22.9 Å². The molecule has 9 nitrogen and oxygen atoms in total. The van der Waals surface area contributed by atoms with Gasteiger partial charge >= 0.3 is 12.4 Å². The Labute approximate surface area is 238 Å². The lowest BCUT2D eigenvalue weighted by atomic mass is 9.82. The van der Waals surface area contributed by atoms with E-state index in [1.165, 1.54) is 22.9 Å². The van der Waals surface area contributed by atoms with Gasteiger partial charge in [0.2, 0.25) is 0 Å². The molecular weight excluding hydrogens is 553 g/mol. The molecule has 5 rings (SSSR count). The van der Waals surface area contributed by atoms with Gasteiger partial charge < -0.3 is 25.2 Å². The summed E-state index contributed by atoms with van der Waals surface area (Å²) in [6, 6.07) is 17.6. The standard InChI is InChI=1S/C30H27F3N4O5/c1-41-22-10-5-18(6-11-22)17-34-29(40)37-26(19-3-2-4-19)16-25(36-37)24-14-9-21(15-27(24)38)35-28(39)20-7-12-23(13-8-20)42-30(31,32)33/h5-16,19,38H,2-4,17H2,1H3,(H,34,40)(H,35,39). The van der Waals surface area contributed by atoms with Crippen LogP contribution in [0.25, 0.3) is 11.3 Å². The van der Waals surface area contributed by atoms with Gasteiger partial charge in [-0.3, -0.25) is 4.79 Å². The van der Waals surface area contributed by atoms with E-state index in [4.69, 9.17) is 4.74 Å². The average Bonchev–Trinajstić information content (AvgIpc) is 3.35. The van der Waals surface area contributed by atoms with E-state index in [9.17, 15) is 27.9 Å². The Bertz CT molecular complexity index is 1580. The van der Waals surface area contributed by atoms with Gasteiger partial charge in [-0.15, -0.1) is 13.2 Å². The minimum Gasteiger partial charge on any atom is -0.507 e. The van der Waals surface area contributed by atoms with Crippen LogP contribution in [0.5, 0.6) is 17.2 Å². The van der Waals surface area contributed by atoms with Crippen LogP contribution < -0.4 is 20.1 Å². The minimum atomic E-state index is -4.83. The molecule has 1 aromatic heterocycles. The average molecular weight is 581 g/mol. The largest absolute Gasteiger partial charge is 0.573 e. The molecule has 1 heterocycles. The van der Waals surface area contributed by atoms with Crippen molar-refractivity contribution in [3.05, 3.63) is 89.6 Å². The van der Waals surface area contributed by atoms with Gasteiger partial charge in [-0.05, 0) is 73.0 Å². The van der Waals surface area contributed by atoms with Crippen molar-refractivity contribution in [2.24, 2.45) is 0 Å². The SMILES string of the molecule is COc1ccc(CNC(=O)n2nc(-c3ccc(NC(=O)c4ccc(OC(F)(F)F)cc4)cc3O)cc2C2CCC2)cc1. The van der Waals surface area contributed by atoms with Crippen LogP contribution in [-0.2, 0) is 6.54 Å². The summed E-state index contributed by atoms with van der Waals surface area (Å²) < 4.78 is 47.4. The zero-order chi connectivity index (χ0) is 29.9. The topological polar surface area (TPSA) is 115 Å². The molecule has 1 fully saturated rings. The lowest BCUT2D eigenvalue weighted by Gasteiger charge is -2.25. The normalized spacial score (nSPS) is 13.2. The Kier molecular flexibility index (Phi) is 8.05. The Hall–Kier alpha value is -5.00. The molecule has 0 atom stereocenters. The van der Waals surface area contributed by atoms with Crippen molar-refractivity contribution in [1.29, 1.82) is 0 Å². The highest BCUT2D eigenvalue weighted by Crippen LogP contribution is 2.39. The first-order chi connectivity index (χ1) is 20.1. The molecule has 12 heteroatoms. The molecule has 0 unspecified atom stereocenters. The van der Waals surface area contributed by atoms with E-state index in [0.29, 0.717) is 23.6 Å². The van der Waals surface area contributed by atoms with E-state index in [0.717, 1.165) is 42.7 Å². The fraction of sp³-hybridized carbons (Fsp3) is 0.233. The minimum absolute atomic E-state index is 0.0950. The van der Waals surface area contributed by atoms with Gasteiger partial charge in [-0.25, -0.2) is 4.79 Å². The highest BCUT2D eigenvalue weighted by atomic mass is 19.4. The maximum absolute atomic E-state index is 13.1. The third-order valence-electron chi connectivity index (χ3n) is 6.94. The summed E-state index contributed by atoms with van der Waals surface area (Å²) >= 11 is 0. The second-order valence-corrected chi connectivity index (χ2v) is 9.76. The lowest BCUT2D eigenvalue weighted by molar-refractivity contribution is -0.274. The summed E-state index contributed by atoms with van der Waals surface area (Å²) in [6.07, 6.45) is -1.93. The summed E-state index contributed by atoms with van der Waals surface area (Å²) in [5, 5.41) is 20.8. The van der Waals surface area contributed by atoms with Crippen LogP contribution in [0.2, 0.25) is 0 Å². The van der Waals surface area contributed by atoms with E-state index in [2.05, 4.69) is 20.5 Å². The first kappa shape index (κ1) is 28.5. The van der Waals surface area contributed by atoms with E-state index >= 15 is 0 Å². The van der Waals surface area contributed by atoms with Crippen molar-refractivity contribution < 1.29 is 37.3 Å². The second-order valence-electron chi connectivity index (χ2n) is 9.76. The van der Waals surface area contributed by atoms with Crippen LogP contribution >= 0.6 is 0 Å². The molecule has 0 bridgehead atoms. The lowest BCUT2D eigenvalue weighted by Crippen LogP contribution is -2.31. The number of phenolic OH excluding ortho intramolecular Hbond substituents is 1. The number of carbonyl (C=O) groups is 2. The van der Waals surface area contributed by atoms with Gasteiger partial charge in [0, 0.05) is 35.3 Å². The molecular formula is C30H27F3N4O5. The molecule has 1 saturated carbocycles. The highest BCUT2D eigenvalue weighted by molar-refractivity contribution is 6.04. The van der Waals surface area contributed by atoms with Gasteiger partial charge in [0.15, 0.2) is 0 Å². The molecule has 3 aromatic carbocycles. The van der Waals surface area contributed by atoms with Crippen molar-refractivity contribution in [2.75, 3.05) is 12.4 Å². The number of anilines is 1. The molecule has 0 saturated heterocycles. The maximum Gasteiger partial charge on any atom is 0.573 e.